The van der Waals surface area contributed by atoms with Crippen LogP contribution >= 0.6 is 0 Å². The molecule has 1 N–H and O–H groups in total. The SMILES string of the molecule is N#Cc1ccccc1-c1ccc(CNC(=O)CN2CCCCC2=O)cc1. The highest BCUT2D eigenvalue weighted by Crippen LogP contribution is 2.23. The fourth-order valence-corrected chi connectivity index (χ4v) is 3.09. The van der Waals surface area contributed by atoms with Crippen molar-refractivity contribution >= 4 is 11.8 Å². The maximum atomic E-state index is 12.1. The number of carbonyl (C=O) groups excluding carboxylic acids is 2. The van der Waals surface area contributed by atoms with Crippen molar-refractivity contribution in [3.63, 3.8) is 0 Å². The van der Waals surface area contributed by atoms with Gasteiger partial charge in [0.1, 0.15) is 0 Å². The zero-order valence-corrected chi connectivity index (χ0v) is 14.6. The number of rotatable bonds is 5. The number of piperidine rings is 1. The molecule has 0 saturated carbocycles. The Hall–Kier alpha value is -3.13. The van der Waals surface area contributed by atoms with Crippen LogP contribution in [-0.4, -0.2) is 29.8 Å². The molecule has 26 heavy (non-hydrogen) atoms. The molecule has 0 spiro atoms. The second-order valence-electron chi connectivity index (χ2n) is 6.40. The van der Waals surface area contributed by atoms with E-state index in [0.717, 1.165) is 29.5 Å². The van der Waals surface area contributed by atoms with Crippen LogP contribution in [0.15, 0.2) is 48.5 Å². The lowest BCUT2D eigenvalue weighted by atomic mass is 9.99. The lowest BCUT2D eigenvalue weighted by Gasteiger charge is -2.25. The van der Waals surface area contributed by atoms with E-state index in [-0.39, 0.29) is 18.4 Å². The number of nitriles is 1. The summed E-state index contributed by atoms with van der Waals surface area (Å²) >= 11 is 0. The van der Waals surface area contributed by atoms with Gasteiger partial charge in [0.05, 0.1) is 18.2 Å². The Morgan fingerprint density at radius 1 is 1.12 bits per heavy atom. The van der Waals surface area contributed by atoms with E-state index in [1.165, 1.54) is 0 Å². The first kappa shape index (κ1) is 17.7. The molecule has 1 fully saturated rings. The maximum absolute atomic E-state index is 12.1. The average molecular weight is 347 g/mol. The second kappa shape index (κ2) is 8.30. The largest absolute Gasteiger partial charge is 0.350 e. The second-order valence-corrected chi connectivity index (χ2v) is 6.40. The Kier molecular flexibility index (Phi) is 5.65. The van der Waals surface area contributed by atoms with Crippen molar-refractivity contribution in [3.05, 3.63) is 59.7 Å². The summed E-state index contributed by atoms with van der Waals surface area (Å²) in [6.45, 7) is 1.22. The Labute approximate surface area is 153 Å². The number of hydrogen-bond donors (Lipinski definition) is 1. The number of nitrogens with one attached hydrogen (secondary N) is 1. The van der Waals surface area contributed by atoms with E-state index in [2.05, 4.69) is 11.4 Å². The van der Waals surface area contributed by atoms with Gasteiger partial charge in [-0.2, -0.15) is 5.26 Å². The molecular weight excluding hydrogens is 326 g/mol. The van der Waals surface area contributed by atoms with E-state index >= 15 is 0 Å². The molecule has 5 nitrogen and oxygen atoms in total. The molecule has 0 atom stereocenters. The van der Waals surface area contributed by atoms with Crippen molar-refractivity contribution in [2.24, 2.45) is 0 Å². The molecule has 132 valence electrons. The summed E-state index contributed by atoms with van der Waals surface area (Å²) in [5.41, 5.74) is 3.48. The third-order valence-corrected chi connectivity index (χ3v) is 4.56. The molecule has 0 unspecified atom stereocenters. The maximum Gasteiger partial charge on any atom is 0.239 e. The van der Waals surface area contributed by atoms with E-state index in [9.17, 15) is 14.9 Å². The molecule has 2 amide bonds. The number of nitrogens with zero attached hydrogens (tertiary/aromatic N) is 2. The van der Waals surface area contributed by atoms with Gasteiger partial charge in [0.25, 0.3) is 0 Å². The van der Waals surface area contributed by atoms with Crippen LogP contribution in [0.1, 0.15) is 30.4 Å². The van der Waals surface area contributed by atoms with Gasteiger partial charge in [-0.05, 0) is 35.6 Å². The van der Waals surface area contributed by atoms with Crippen LogP contribution in [-0.2, 0) is 16.1 Å². The molecule has 5 heteroatoms. The van der Waals surface area contributed by atoms with Crippen molar-refractivity contribution in [2.45, 2.75) is 25.8 Å². The van der Waals surface area contributed by atoms with Crippen molar-refractivity contribution in [1.29, 1.82) is 5.26 Å². The van der Waals surface area contributed by atoms with Crippen molar-refractivity contribution in [1.82, 2.24) is 10.2 Å². The zero-order valence-electron chi connectivity index (χ0n) is 14.6. The summed E-state index contributed by atoms with van der Waals surface area (Å²) in [6, 6.07) is 17.5. The highest BCUT2D eigenvalue weighted by molar-refractivity contribution is 5.85. The van der Waals surface area contributed by atoms with E-state index in [4.69, 9.17) is 0 Å². The minimum Gasteiger partial charge on any atom is -0.350 e. The first-order valence-corrected chi connectivity index (χ1v) is 8.80. The van der Waals surface area contributed by atoms with Crippen LogP contribution in [0.25, 0.3) is 11.1 Å². The van der Waals surface area contributed by atoms with Gasteiger partial charge >= 0.3 is 0 Å². The van der Waals surface area contributed by atoms with Gasteiger partial charge in [-0.25, -0.2) is 0 Å². The number of carbonyl (C=O) groups is 2. The van der Waals surface area contributed by atoms with Crippen LogP contribution in [0.3, 0.4) is 0 Å². The van der Waals surface area contributed by atoms with Crippen molar-refractivity contribution in [2.75, 3.05) is 13.1 Å². The fourth-order valence-electron chi connectivity index (χ4n) is 3.09. The number of hydrogen-bond acceptors (Lipinski definition) is 3. The Morgan fingerprint density at radius 2 is 1.88 bits per heavy atom. The van der Waals surface area contributed by atoms with Crippen LogP contribution in [0, 0.1) is 11.3 Å². The molecule has 0 aliphatic carbocycles. The third-order valence-electron chi connectivity index (χ3n) is 4.56. The summed E-state index contributed by atoms with van der Waals surface area (Å²) in [5.74, 6) is -0.0777. The van der Waals surface area contributed by atoms with Crippen molar-refractivity contribution < 1.29 is 9.59 Å². The number of benzene rings is 2. The lowest BCUT2D eigenvalue weighted by molar-refractivity contribution is -0.137. The summed E-state index contributed by atoms with van der Waals surface area (Å²) in [7, 11) is 0. The minimum atomic E-state index is -0.140. The topological polar surface area (TPSA) is 73.2 Å². The zero-order chi connectivity index (χ0) is 18.4. The van der Waals surface area contributed by atoms with Crippen LogP contribution in [0.4, 0.5) is 0 Å². The standard InChI is InChI=1S/C21H21N3O2/c22-13-18-5-1-2-6-19(18)17-10-8-16(9-11-17)14-23-20(25)15-24-12-4-3-7-21(24)26/h1-2,5-6,8-11H,3-4,7,12,14-15H2,(H,23,25). The summed E-state index contributed by atoms with van der Waals surface area (Å²) in [4.78, 5) is 25.4. The molecule has 1 aliphatic rings. The minimum absolute atomic E-state index is 0.0620. The van der Waals surface area contributed by atoms with Gasteiger partial charge in [-0.1, -0.05) is 42.5 Å². The number of amides is 2. The van der Waals surface area contributed by atoms with Gasteiger partial charge in [0, 0.05) is 19.5 Å². The third kappa shape index (κ3) is 4.28. The molecule has 1 heterocycles. The molecule has 0 aromatic heterocycles. The Bertz CT molecular complexity index is 837. The molecule has 0 radical (unpaired) electrons. The highest BCUT2D eigenvalue weighted by Gasteiger charge is 2.20. The van der Waals surface area contributed by atoms with Crippen LogP contribution < -0.4 is 5.32 Å². The average Bonchev–Trinajstić information content (AvgIpc) is 2.68. The van der Waals surface area contributed by atoms with Gasteiger partial charge in [0.2, 0.25) is 11.8 Å². The smallest absolute Gasteiger partial charge is 0.239 e. The van der Waals surface area contributed by atoms with Gasteiger partial charge in [-0.3, -0.25) is 9.59 Å². The highest BCUT2D eigenvalue weighted by atomic mass is 16.2. The molecule has 1 aliphatic heterocycles. The van der Waals surface area contributed by atoms with E-state index in [1.54, 1.807) is 11.0 Å². The van der Waals surface area contributed by atoms with Crippen molar-refractivity contribution in [3.8, 4) is 17.2 Å². The van der Waals surface area contributed by atoms with Crippen LogP contribution in [0.2, 0.25) is 0 Å². The van der Waals surface area contributed by atoms with Gasteiger partial charge < -0.3 is 10.2 Å². The fraction of sp³-hybridized carbons (Fsp3) is 0.286. The summed E-state index contributed by atoms with van der Waals surface area (Å²) < 4.78 is 0. The quantitative estimate of drug-likeness (QED) is 0.904. The normalized spacial score (nSPS) is 14.0. The van der Waals surface area contributed by atoms with Crippen LogP contribution in [0.5, 0.6) is 0 Å². The molecule has 2 aromatic rings. The predicted molar refractivity (Wildman–Crippen MR) is 98.9 cm³/mol. The van der Waals surface area contributed by atoms with E-state index < -0.39 is 0 Å². The summed E-state index contributed by atoms with van der Waals surface area (Å²) in [6.07, 6.45) is 2.42. The molecule has 1 saturated heterocycles. The summed E-state index contributed by atoms with van der Waals surface area (Å²) in [5, 5.41) is 12.1. The lowest BCUT2D eigenvalue weighted by Crippen LogP contribution is -2.42. The predicted octanol–water partition coefficient (Wildman–Crippen LogP) is 2.85. The first-order chi connectivity index (χ1) is 12.7. The molecule has 3 rings (SSSR count). The monoisotopic (exact) mass is 347 g/mol. The Morgan fingerprint density at radius 3 is 2.62 bits per heavy atom. The molecule has 2 aromatic carbocycles. The van der Waals surface area contributed by atoms with E-state index in [1.807, 2.05) is 42.5 Å². The molecule has 0 bridgehead atoms. The Balaban J connectivity index is 1.57. The van der Waals surface area contributed by atoms with Gasteiger partial charge in [0.15, 0.2) is 0 Å². The van der Waals surface area contributed by atoms with E-state index in [0.29, 0.717) is 25.1 Å². The van der Waals surface area contributed by atoms with Gasteiger partial charge in [-0.15, -0.1) is 0 Å². The number of likely N-dealkylation sites (tertiary alicyclic amines) is 1. The molecular formula is C21H21N3O2. The first-order valence-electron chi connectivity index (χ1n) is 8.80.